The Balaban J connectivity index is 1.58. The van der Waals surface area contributed by atoms with Gasteiger partial charge in [-0.2, -0.15) is 0 Å². The summed E-state index contributed by atoms with van der Waals surface area (Å²) in [6, 6.07) is 3.98. The molecule has 3 rings (SSSR count). The minimum atomic E-state index is -0.433. The Morgan fingerprint density at radius 3 is 2.92 bits per heavy atom. The van der Waals surface area contributed by atoms with E-state index >= 15 is 0 Å². The fourth-order valence-electron chi connectivity index (χ4n) is 1.90. The van der Waals surface area contributed by atoms with Crippen molar-refractivity contribution in [1.29, 1.82) is 0 Å². The Bertz CT molecular complexity index is 856. The second-order valence-electron chi connectivity index (χ2n) is 4.78. The number of amides is 1. The average Bonchev–Trinajstić information content (AvgIpc) is 3.03. The Hall–Kier alpha value is -2.87. The molecule has 0 saturated carbocycles. The van der Waals surface area contributed by atoms with E-state index in [1.165, 1.54) is 36.8 Å². The molecular formula is C15H11ClFN5O2. The maximum absolute atomic E-state index is 13.0. The molecule has 7 nitrogen and oxygen atoms in total. The van der Waals surface area contributed by atoms with Gasteiger partial charge in [0.2, 0.25) is 11.8 Å². The van der Waals surface area contributed by atoms with E-state index in [1.807, 2.05) is 0 Å². The highest BCUT2D eigenvalue weighted by molar-refractivity contribution is 6.31. The van der Waals surface area contributed by atoms with E-state index in [9.17, 15) is 9.18 Å². The van der Waals surface area contributed by atoms with Crippen molar-refractivity contribution in [2.24, 2.45) is 0 Å². The van der Waals surface area contributed by atoms with Crippen LogP contribution in [0.15, 0.2) is 41.2 Å². The van der Waals surface area contributed by atoms with Crippen LogP contribution in [0.5, 0.6) is 0 Å². The Kier molecular flexibility index (Phi) is 4.76. The van der Waals surface area contributed by atoms with Crippen LogP contribution < -0.4 is 5.32 Å². The maximum atomic E-state index is 13.0. The number of nitrogens with one attached hydrogen (secondary N) is 1. The highest BCUT2D eigenvalue weighted by Crippen LogP contribution is 2.17. The lowest BCUT2D eigenvalue weighted by Crippen LogP contribution is -2.24. The predicted molar refractivity (Wildman–Crippen MR) is 82.3 cm³/mol. The molecule has 0 fully saturated rings. The normalized spacial score (nSPS) is 10.6. The molecule has 1 amide bonds. The smallest absolute Gasteiger partial charge is 0.267 e. The zero-order chi connectivity index (χ0) is 16.9. The van der Waals surface area contributed by atoms with Crippen molar-refractivity contribution in [1.82, 2.24) is 25.5 Å². The van der Waals surface area contributed by atoms with Crippen molar-refractivity contribution in [3.63, 3.8) is 0 Å². The molecule has 2 heterocycles. The van der Waals surface area contributed by atoms with Gasteiger partial charge in [-0.05, 0) is 17.7 Å². The van der Waals surface area contributed by atoms with E-state index in [-0.39, 0.29) is 35.7 Å². The van der Waals surface area contributed by atoms with Gasteiger partial charge in [-0.15, -0.1) is 10.2 Å². The molecule has 0 aliphatic heterocycles. The highest BCUT2D eigenvalue weighted by Gasteiger charge is 2.13. The van der Waals surface area contributed by atoms with Crippen LogP contribution in [-0.4, -0.2) is 26.1 Å². The molecule has 0 atom stereocenters. The van der Waals surface area contributed by atoms with E-state index < -0.39 is 5.82 Å². The van der Waals surface area contributed by atoms with Gasteiger partial charge in [-0.3, -0.25) is 9.78 Å². The SMILES string of the molecule is O=C(Cc1nnc(-c2cnccn2)o1)NCc1ccc(F)cc1Cl. The number of rotatable bonds is 5. The molecule has 0 aliphatic rings. The van der Waals surface area contributed by atoms with Crippen molar-refractivity contribution in [3.05, 3.63) is 59.1 Å². The van der Waals surface area contributed by atoms with E-state index in [0.29, 0.717) is 11.3 Å². The molecule has 3 aromatic rings. The number of aromatic nitrogens is 4. The van der Waals surface area contributed by atoms with Gasteiger partial charge in [0.15, 0.2) is 0 Å². The summed E-state index contributed by atoms with van der Waals surface area (Å²) < 4.78 is 18.3. The van der Waals surface area contributed by atoms with Crippen molar-refractivity contribution in [2.75, 3.05) is 0 Å². The zero-order valence-electron chi connectivity index (χ0n) is 12.2. The van der Waals surface area contributed by atoms with Gasteiger partial charge >= 0.3 is 0 Å². The number of carbonyl (C=O) groups is 1. The second kappa shape index (κ2) is 7.14. The molecule has 1 N–H and O–H groups in total. The monoisotopic (exact) mass is 347 g/mol. The van der Waals surface area contributed by atoms with Crippen LogP contribution in [0.1, 0.15) is 11.5 Å². The lowest BCUT2D eigenvalue weighted by Gasteiger charge is -2.06. The second-order valence-corrected chi connectivity index (χ2v) is 5.19. The summed E-state index contributed by atoms with van der Waals surface area (Å²) >= 11 is 5.90. The van der Waals surface area contributed by atoms with Crippen LogP contribution in [-0.2, 0) is 17.8 Å². The summed E-state index contributed by atoms with van der Waals surface area (Å²) in [5, 5.41) is 10.5. The van der Waals surface area contributed by atoms with E-state index in [2.05, 4.69) is 25.5 Å². The standard InChI is InChI=1S/C15H11ClFN5O2/c16-11-5-10(17)2-1-9(11)7-20-13(23)6-14-21-22-15(24-14)12-8-18-3-4-19-12/h1-5,8H,6-7H2,(H,20,23). The van der Waals surface area contributed by atoms with Gasteiger partial charge in [-0.25, -0.2) is 9.37 Å². The number of carbonyl (C=O) groups excluding carboxylic acids is 1. The van der Waals surface area contributed by atoms with Crippen LogP contribution in [0.3, 0.4) is 0 Å². The third-order valence-electron chi connectivity index (χ3n) is 3.05. The summed E-state index contributed by atoms with van der Waals surface area (Å²) in [6.45, 7) is 0.170. The highest BCUT2D eigenvalue weighted by atomic mass is 35.5. The van der Waals surface area contributed by atoms with E-state index in [1.54, 1.807) is 0 Å². The van der Waals surface area contributed by atoms with Crippen molar-refractivity contribution in [3.8, 4) is 11.6 Å². The molecule has 0 saturated heterocycles. The third kappa shape index (κ3) is 3.90. The van der Waals surface area contributed by atoms with Crippen molar-refractivity contribution >= 4 is 17.5 Å². The lowest BCUT2D eigenvalue weighted by atomic mass is 10.2. The molecule has 0 radical (unpaired) electrons. The summed E-state index contributed by atoms with van der Waals surface area (Å²) in [7, 11) is 0. The van der Waals surface area contributed by atoms with E-state index in [4.69, 9.17) is 16.0 Å². The fourth-order valence-corrected chi connectivity index (χ4v) is 2.13. The fraction of sp³-hybridized carbons (Fsp3) is 0.133. The van der Waals surface area contributed by atoms with E-state index in [0.717, 1.165) is 0 Å². The quantitative estimate of drug-likeness (QED) is 0.760. The summed E-state index contributed by atoms with van der Waals surface area (Å²) in [5.41, 5.74) is 1.03. The lowest BCUT2D eigenvalue weighted by molar-refractivity contribution is -0.120. The Morgan fingerprint density at radius 2 is 2.17 bits per heavy atom. The number of halogens is 2. The molecule has 0 spiro atoms. The third-order valence-corrected chi connectivity index (χ3v) is 3.40. The molecule has 24 heavy (non-hydrogen) atoms. The predicted octanol–water partition coefficient (Wildman–Crippen LogP) is 2.18. The minimum absolute atomic E-state index is 0.0912. The summed E-state index contributed by atoms with van der Waals surface area (Å²) in [6.07, 6.45) is 4.41. The molecule has 0 bridgehead atoms. The molecular weight excluding hydrogens is 337 g/mol. The Morgan fingerprint density at radius 1 is 1.29 bits per heavy atom. The van der Waals surface area contributed by atoms with Crippen LogP contribution >= 0.6 is 11.6 Å². The largest absolute Gasteiger partial charge is 0.419 e. The van der Waals surface area contributed by atoms with Gasteiger partial charge in [0.1, 0.15) is 17.9 Å². The molecule has 2 aromatic heterocycles. The first-order valence-electron chi connectivity index (χ1n) is 6.91. The molecule has 122 valence electrons. The molecule has 0 aliphatic carbocycles. The van der Waals surface area contributed by atoms with Gasteiger partial charge in [0, 0.05) is 24.0 Å². The van der Waals surface area contributed by atoms with Crippen LogP contribution in [0.25, 0.3) is 11.6 Å². The van der Waals surface area contributed by atoms with Crippen LogP contribution in [0.4, 0.5) is 4.39 Å². The van der Waals surface area contributed by atoms with Crippen LogP contribution in [0, 0.1) is 5.82 Å². The van der Waals surface area contributed by atoms with Gasteiger partial charge < -0.3 is 9.73 Å². The number of nitrogens with zero attached hydrogens (tertiary/aromatic N) is 4. The van der Waals surface area contributed by atoms with Gasteiger partial charge in [-0.1, -0.05) is 17.7 Å². The number of hydrogen-bond acceptors (Lipinski definition) is 6. The van der Waals surface area contributed by atoms with Gasteiger partial charge in [0.05, 0.1) is 6.20 Å². The zero-order valence-corrected chi connectivity index (χ0v) is 13.0. The number of hydrogen-bond donors (Lipinski definition) is 1. The minimum Gasteiger partial charge on any atom is -0.419 e. The maximum Gasteiger partial charge on any atom is 0.267 e. The van der Waals surface area contributed by atoms with Gasteiger partial charge in [0.25, 0.3) is 5.89 Å². The first kappa shape index (κ1) is 16.0. The van der Waals surface area contributed by atoms with Crippen molar-refractivity contribution < 1.29 is 13.6 Å². The molecule has 9 heteroatoms. The topological polar surface area (TPSA) is 93.8 Å². The molecule has 1 aromatic carbocycles. The number of benzene rings is 1. The molecule has 0 unspecified atom stereocenters. The summed E-state index contributed by atoms with van der Waals surface area (Å²) in [4.78, 5) is 19.9. The first-order valence-corrected chi connectivity index (χ1v) is 7.29. The average molecular weight is 348 g/mol. The first-order chi connectivity index (χ1) is 11.6. The van der Waals surface area contributed by atoms with Crippen molar-refractivity contribution in [2.45, 2.75) is 13.0 Å². The summed E-state index contributed by atoms with van der Waals surface area (Å²) in [5.74, 6) is -0.423. The Labute approximate surface area is 140 Å². The van der Waals surface area contributed by atoms with Crippen LogP contribution in [0.2, 0.25) is 5.02 Å².